The quantitative estimate of drug-likeness (QED) is 0.406. The number of phenolic OH excluding ortho intramolecular Hbond substituents is 1. The monoisotopic (exact) mass is 576 g/mol. The van der Waals surface area contributed by atoms with Crippen molar-refractivity contribution in [1.82, 2.24) is 10.2 Å². The number of carbonyl (C=O) groups is 3. The summed E-state index contributed by atoms with van der Waals surface area (Å²) in [4.78, 5) is 40.5. The number of ether oxygens (including phenoxy) is 3. The van der Waals surface area contributed by atoms with Crippen molar-refractivity contribution >= 4 is 17.8 Å². The molecule has 222 valence electrons. The van der Waals surface area contributed by atoms with Crippen LogP contribution in [-0.2, 0) is 35.7 Å². The minimum absolute atomic E-state index is 0.0245. The van der Waals surface area contributed by atoms with Crippen LogP contribution < -0.4 is 10.1 Å². The third-order valence-electron chi connectivity index (χ3n) is 9.29. The molecule has 10 nitrogen and oxygen atoms in total. The summed E-state index contributed by atoms with van der Waals surface area (Å²) in [5, 5.41) is 25.7. The smallest absolute Gasteiger partial charge is 0.357 e. The van der Waals surface area contributed by atoms with Crippen molar-refractivity contribution in [2.75, 3.05) is 20.1 Å². The molecule has 2 aliphatic heterocycles. The number of rotatable bonds is 8. The molecule has 10 heteroatoms. The Kier molecular flexibility index (Phi) is 7.01. The minimum atomic E-state index is -1.36. The summed E-state index contributed by atoms with van der Waals surface area (Å²) < 4.78 is 18.0. The molecule has 0 radical (unpaired) electrons. The number of amides is 1. The van der Waals surface area contributed by atoms with Gasteiger partial charge in [0, 0.05) is 36.1 Å². The van der Waals surface area contributed by atoms with Crippen LogP contribution in [0.1, 0.15) is 55.9 Å². The number of likely N-dealkylation sites (N-methyl/N-ethyl adjacent to an activating group) is 1. The van der Waals surface area contributed by atoms with E-state index in [4.69, 9.17) is 14.2 Å². The van der Waals surface area contributed by atoms with Crippen LogP contribution in [0.15, 0.2) is 54.3 Å². The van der Waals surface area contributed by atoms with E-state index in [0.29, 0.717) is 30.7 Å². The molecule has 2 unspecified atom stereocenters. The molecular weight excluding hydrogens is 540 g/mol. The van der Waals surface area contributed by atoms with Crippen LogP contribution in [0.2, 0.25) is 0 Å². The van der Waals surface area contributed by atoms with Crippen molar-refractivity contribution < 1.29 is 38.8 Å². The zero-order valence-corrected chi connectivity index (χ0v) is 24.0. The summed E-state index contributed by atoms with van der Waals surface area (Å²) in [6.07, 6.45) is 0.738. The lowest BCUT2D eigenvalue weighted by Gasteiger charge is -2.61. The van der Waals surface area contributed by atoms with E-state index in [9.17, 15) is 24.6 Å². The van der Waals surface area contributed by atoms with Gasteiger partial charge in [0.25, 0.3) is 0 Å². The van der Waals surface area contributed by atoms with Crippen molar-refractivity contribution in [1.29, 1.82) is 0 Å². The third kappa shape index (κ3) is 4.27. The van der Waals surface area contributed by atoms with E-state index in [1.165, 1.54) is 0 Å². The van der Waals surface area contributed by atoms with Crippen LogP contribution in [0, 0.1) is 5.92 Å². The topological polar surface area (TPSA) is 135 Å². The average Bonchev–Trinajstić information content (AvgIpc) is 3.33. The van der Waals surface area contributed by atoms with Gasteiger partial charge in [-0.2, -0.15) is 0 Å². The Balaban J connectivity index is 1.28. The lowest BCUT2D eigenvalue weighted by molar-refractivity contribution is -0.176. The normalized spacial score (nSPS) is 27.8. The molecule has 42 heavy (non-hydrogen) atoms. The lowest BCUT2D eigenvalue weighted by atomic mass is 9.50. The van der Waals surface area contributed by atoms with Crippen LogP contribution in [0.3, 0.4) is 0 Å². The van der Waals surface area contributed by atoms with Crippen molar-refractivity contribution in [3.8, 4) is 11.5 Å². The molecule has 1 spiro atoms. The van der Waals surface area contributed by atoms with E-state index < -0.39 is 35.2 Å². The van der Waals surface area contributed by atoms with E-state index in [0.717, 1.165) is 11.1 Å². The summed E-state index contributed by atoms with van der Waals surface area (Å²) in [5.74, 6) is -1.37. The number of aromatic hydroxyl groups is 1. The van der Waals surface area contributed by atoms with Crippen LogP contribution in [0.25, 0.3) is 0 Å². The maximum absolute atomic E-state index is 13.7. The number of hydrogen-bond donors (Lipinski definition) is 3. The van der Waals surface area contributed by atoms with Gasteiger partial charge in [0.1, 0.15) is 5.76 Å². The van der Waals surface area contributed by atoms with E-state index in [1.54, 1.807) is 56.3 Å². The molecule has 2 aliphatic carbocycles. The highest BCUT2D eigenvalue weighted by Gasteiger charge is 2.72. The zero-order chi connectivity index (χ0) is 29.8. The number of aliphatic hydroxyl groups is 1. The van der Waals surface area contributed by atoms with Gasteiger partial charge < -0.3 is 34.6 Å². The second-order valence-electron chi connectivity index (χ2n) is 12.0. The predicted molar refractivity (Wildman–Crippen MR) is 150 cm³/mol. The van der Waals surface area contributed by atoms with Gasteiger partial charge in [0.2, 0.25) is 12.0 Å². The molecule has 3 N–H and O–H groups in total. The third-order valence-corrected chi connectivity index (χ3v) is 9.29. The van der Waals surface area contributed by atoms with Crippen LogP contribution in [-0.4, -0.2) is 70.8 Å². The summed E-state index contributed by atoms with van der Waals surface area (Å²) in [6, 6.07) is 11.9. The van der Waals surface area contributed by atoms with Gasteiger partial charge in [-0.15, -0.1) is 0 Å². The van der Waals surface area contributed by atoms with E-state index in [2.05, 4.69) is 10.2 Å². The first-order valence-electron chi connectivity index (χ1n) is 14.5. The van der Waals surface area contributed by atoms with Crippen molar-refractivity contribution in [3.63, 3.8) is 0 Å². The number of hydrogen-bond acceptors (Lipinski definition) is 9. The molecule has 2 aromatic carbocycles. The van der Waals surface area contributed by atoms with Crippen LogP contribution >= 0.6 is 0 Å². The van der Waals surface area contributed by atoms with Gasteiger partial charge in [0.05, 0.1) is 17.4 Å². The number of piperidine rings is 1. The number of phenols is 1. The van der Waals surface area contributed by atoms with Gasteiger partial charge in [0.15, 0.2) is 17.6 Å². The largest absolute Gasteiger partial charge is 0.504 e. The minimum Gasteiger partial charge on any atom is -0.504 e. The fraction of sp³-hybridized carbons (Fsp3) is 0.469. The fourth-order valence-corrected chi connectivity index (χ4v) is 7.17. The number of carbonyl (C=O) groups excluding carboxylic acids is 3. The average molecular weight is 577 g/mol. The SMILES string of the molecule is CC(C)C(=O)NCCC(=O)O[C@H](C(=O)OC1=CC[C@@]2(O)[C@H]3Cc4ccc(O)c5c4C2(CCN3C)C1O5)c1ccccc1. The number of esters is 2. The molecule has 1 fully saturated rings. The zero-order valence-electron chi connectivity index (χ0n) is 24.0. The standard InChI is InChI=1S/C32H36N2O8/c1-18(2)29(37)33-15-12-24(36)41-26(19-7-5-4-6-8-19)30(38)40-22-11-13-32(39)23-17-20-9-10-21(35)27-25(20)31(32,28(22)42-27)14-16-34(23)3/h4-11,18,23,26,28,35,39H,12-17H2,1-3H3,(H,33,37)/t23-,26+,28?,31?,32-/m1/s1. The van der Waals surface area contributed by atoms with E-state index >= 15 is 0 Å². The highest BCUT2D eigenvalue weighted by Crippen LogP contribution is 2.65. The molecule has 2 bridgehead atoms. The van der Waals surface area contributed by atoms with Gasteiger partial charge in [-0.3, -0.25) is 9.59 Å². The highest BCUT2D eigenvalue weighted by molar-refractivity contribution is 5.82. The number of likely N-dealkylation sites (tertiary alicyclic amines) is 1. The summed E-state index contributed by atoms with van der Waals surface area (Å²) in [5.41, 5.74) is 0.109. The van der Waals surface area contributed by atoms with Crippen molar-refractivity contribution in [2.24, 2.45) is 5.92 Å². The Morgan fingerprint density at radius 2 is 1.93 bits per heavy atom. The van der Waals surface area contributed by atoms with Gasteiger partial charge >= 0.3 is 11.9 Å². The number of nitrogens with one attached hydrogen (secondary N) is 1. The summed E-state index contributed by atoms with van der Waals surface area (Å²) >= 11 is 0. The molecule has 5 atom stereocenters. The molecular formula is C32H36N2O8. The second kappa shape index (κ2) is 10.4. The molecule has 2 heterocycles. The molecule has 1 saturated heterocycles. The van der Waals surface area contributed by atoms with E-state index in [1.807, 2.05) is 13.1 Å². The van der Waals surface area contributed by atoms with Gasteiger partial charge in [-0.25, -0.2) is 4.79 Å². The summed E-state index contributed by atoms with van der Waals surface area (Å²) in [7, 11) is 2.00. The Bertz CT molecular complexity index is 1460. The first-order chi connectivity index (χ1) is 20.1. The molecule has 1 amide bonds. The van der Waals surface area contributed by atoms with Crippen LogP contribution in [0.4, 0.5) is 0 Å². The first-order valence-corrected chi connectivity index (χ1v) is 14.5. The highest BCUT2D eigenvalue weighted by atomic mass is 16.6. The Labute approximate surface area is 244 Å². The predicted octanol–water partition coefficient (Wildman–Crippen LogP) is 2.66. The molecule has 2 aromatic rings. The Morgan fingerprint density at radius 1 is 1.17 bits per heavy atom. The Morgan fingerprint density at radius 3 is 2.67 bits per heavy atom. The van der Waals surface area contributed by atoms with Gasteiger partial charge in [-0.05, 0) is 44.1 Å². The number of nitrogens with zero attached hydrogens (tertiary/aromatic N) is 1. The van der Waals surface area contributed by atoms with Crippen molar-refractivity contribution in [3.05, 3.63) is 71.0 Å². The lowest BCUT2D eigenvalue weighted by Crippen LogP contribution is -2.74. The first kappa shape index (κ1) is 28.2. The van der Waals surface area contributed by atoms with E-state index in [-0.39, 0.29) is 48.8 Å². The molecule has 0 saturated carbocycles. The molecule has 0 aromatic heterocycles. The molecule has 6 rings (SSSR count). The number of benzene rings is 2. The van der Waals surface area contributed by atoms with Gasteiger partial charge in [-0.1, -0.05) is 50.2 Å². The Hall–Kier alpha value is -3.89. The maximum Gasteiger partial charge on any atom is 0.357 e. The van der Waals surface area contributed by atoms with Crippen molar-refractivity contribution in [2.45, 2.75) is 68.8 Å². The molecule has 4 aliphatic rings. The fourth-order valence-electron chi connectivity index (χ4n) is 7.17. The second-order valence-corrected chi connectivity index (χ2v) is 12.0. The van der Waals surface area contributed by atoms with Crippen LogP contribution in [0.5, 0.6) is 11.5 Å². The maximum atomic E-state index is 13.7. The summed E-state index contributed by atoms with van der Waals surface area (Å²) in [6.45, 7) is 4.28.